The first-order valence-corrected chi connectivity index (χ1v) is 15.9. The van der Waals surface area contributed by atoms with Gasteiger partial charge >= 0.3 is 21.0 Å². The van der Waals surface area contributed by atoms with E-state index in [1.165, 1.54) is 0 Å². The van der Waals surface area contributed by atoms with Crippen LogP contribution in [0.4, 0.5) is 0 Å². The zero-order chi connectivity index (χ0) is 7.15. The van der Waals surface area contributed by atoms with E-state index < -0.39 is 21.0 Å². The van der Waals surface area contributed by atoms with Crippen molar-refractivity contribution in [1.29, 1.82) is 0 Å². The van der Waals surface area contributed by atoms with Gasteiger partial charge in [-0.05, 0) is 0 Å². The fourth-order valence-corrected chi connectivity index (χ4v) is 0. The Balaban J connectivity index is 0. The van der Waals surface area contributed by atoms with E-state index in [9.17, 15) is 0 Å². The van der Waals surface area contributed by atoms with Crippen LogP contribution in [-0.4, -0.2) is 21.0 Å². The van der Waals surface area contributed by atoms with Gasteiger partial charge in [0.15, 0.2) is 0 Å². The van der Waals surface area contributed by atoms with Gasteiger partial charge in [0.1, 0.15) is 0 Å². The average molecular weight is 380 g/mol. The molecule has 0 bridgehead atoms. The van der Waals surface area contributed by atoms with E-state index in [1.807, 2.05) is 5.79 Å². The summed E-state index contributed by atoms with van der Waals surface area (Å²) in [4.78, 5) is 0. The monoisotopic (exact) mass is 376 g/mol. The minimum Gasteiger partial charge on any atom is -0.234 e. The van der Waals surface area contributed by atoms with Crippen LogP contribution in [0.5, 0.6) is 0 Å². The van der Waals surface area contributed by atoms with E-state index in [0.29, 0.717) is 0 Å². The highest BCUT2D eigenvalue weighted by Gasteiger charge is 1.95. The second-order valence-corrected chi connectivity index (χ2v) is 26.2. The quantitative estimate of drug-likeness (QED) is 0.563. The summed E-state index contributed by atoms with van der Waals surface area (Å²) in [6.45, 7) is 0. The lowest BCUT2D eigenvalue weighted by atomic mass is 11.9. The molecule has 0 unspecified atom stereocenters. The lowest BCUT2D eigenvalue weighted by Crippen LogP contribution is -1.72. The standard InChI is InChI=1S/CH3.2Al.3BrH.2ClH/h1H3;;;5*1H/q;+2;+3;;;;;/p-5. The van der Waals surface area contributed by atoms with Crippen molar-refractivity contribution in [3.05, 3.63) is 0 Å². The summed E-state index contributed by atoms with van der Waals surface area (Å²) in [5, 5.41) is 0. The molecule has 0 nitrogen and oxygen atoms in total. The molecule has 0 aliphatic rings. The third kappa shape index (κ3) is 62.4. The zero-order valence-electron chi connectivity index (χ0n) is 4.04. The zero-order valence-corrected chi connectivity index (χ0v) is 12.6. The molecule has 0 aliphatic carbocycles. The predicted molar refractivity (Wildman–Crippen MR) is 55.9 cm³/mol. The Bertz CT molecular complexity index is 30.8. The number of rotatable bonds is 0. The molecular weight excluding hydrogens is 377 g/mol. The fourth-order valence-electron chi connectivity index (χ4n) is 0. The maximum atomic E-state index is 5.18. The van der Waals surface area contributed by atoms with Gasteiger partial charge in [0.25, 0.3) is 0 Å². The fraction of sp³-hybridized carbons (Fsp3) is 1.00. The molecule has 0 rings (SSSR count). The van der Waals surface area contributed by atoms with Gasteiger partial charge in [-0.15, -0.1) is 0 Å². The molecule has 0 atom stereocenters. The van der Waals surface area contributed by atoms with Crippen LogP contribution in [0.25, 0.3) is 0 Å². The van der Waals surface area contributed by atoms with Crippen LogP contribution < -0.4 is 0 Å². The van der Waals surface area contributed by atoms with Crippen LogP contribution in [0.3, 0.4) is 0 Å². The van der Waals surface area contributed by atoms with Crippen LogP contribution in [-0.2, 0) is 0 Å². The molecule has 0 aromatic heterocycles. The average Bonchev–Trinajstić information content (AvgIpc) is 1.25. The Morgan fingerprint density at radius 3 is 1.12 bits per heavy atom. The Labute approximate surface area is 87.4 Å². The third-order valence-electron chi connectivity index (χ3n) is 0. The number of hydrogen-bond acceptors (Lipinski definition) is 0. The third-order valence-corrected chi connectivity index (χ3v) is 0. The minimum absolute atomic E-state index is 0.701. The van der Waals surface area contributed by atoms with Crippen molar-refractivity contribution in [2.24, 2.45) is 0 Å². The Morgan fingerprint density at radius 1 is 1.12 bits per heavy atom. The van der Waals surface area contributed by atoms with Crippen molar-refractivity contribution in [3.63, 3.8) is 0 Å². The highest BCUT2D eigenvalue weighted by molar-refractivity contribution is 9.69. The summed E-state index contributed by atoms with van der Waals surface area (Å²) in [5.74, 6) is 1.84. The smallest absolute Gasteiger partial charge is 0.234 e. The summed E-state index contributed by atoms with van der Waals surface area (Å²) >= 11 is 8.53. The van der Waals surface area contributed by atoms with Crippen molar-refractivity contribution in [2.45, 2.75) is 5.79 Å². The van der Waals surface area contributed by atoms with Crippen molar-refractivity contribution >= 4 is 83.2 Å². The number of halogens is 5. The molecular formula is CH3Al2Br3Cl2. The SMILES string of the molecule is [Br][Al]([Br])[Br].[CH3][Al]([Cl])[Cl]. The Morgan fingerprint density at radius 2 is 1.12 bits per heavy atom. The van der Waals surface area contributed by atoms with Gasteiger partial charge < -0.3 is 0 Å². The number of hydrogen-bond donors (Lipinski definition) is 0. The van der Waals surface area contributed by atoms with E-state index >= 15 is 0 Å². The predicted octanol–water partition coefficient (Wildman–Crippen LogP) is 3.74. The molecule has 48 valence electrons. The molecule has 0 aliphatic heterocycles. The molecule has 7 heteroatoms. The van der Waals surface area contributed by atoms with E-state index in [1.54, 1.807) is 0 Å². The maximum Gasteiger partial charge on any atom is 0.542 e. The minimum atomic E-state index is -1.19. The molecule has 0 aromatic carbocycles. The molecule has 0 fully saturated rings. The molecule has 0 spiro atoms. The van der Waals surface area contributed by atoms with Gasteiger partial charge in [0.2, 0.25) is 0 Å². The first-order chi connectivity index (χ1) is 3.46. The van der Waals surface area contributed by atoms with E-state index in [2.05, 4.69) is 42.2 Å². The summed E-state index contributed by atoms with van der Waals surface area (Å²) < 4.78 is 0. The van der Waals surface area contributed by atoms with Crippen molar-refractivity contribution in [3.8, 4) is 0 Å². The van der Waals surface area contributed by atoms with E-state index in [-0.39, 0.29) is 0 Å². The van der Waals surface area contributed by atoms with Crippen molar-refractivity contribution in [1.82, 2.24) is 0 Å². The molecule has 0 aromatic rings. The van der Waals surface area contributed by atoms with Gasteiger partial charge in [0, 0.05) is 0 Å². The highest BCUT2D eigenvalue weighted by Crippen LogP contribution is 2.07. The van der Waals surface area contributed by atoms with Crippen LogP contribution >= 0.6 is 62.3 Å². The lowest BCUT2D eigenvalue weighted by molar-refractivity contribution is 2.34. The summed E-state index contributed by atoms with van der Waals surface area (Å²) in [7, 11) is 9.66. The van der Waals surface area contributed by atoms with Crippen molar-refractivity contribution < 1.29 is 0 Å². The van der Waals surface area contributed by atoms with Crippen LogP contribution in [0, 0.1) is 0 Å². The summed E-state index contributed by atoms with van der Waals surface area (Å²) in [6, 6.07) is 0. The summed E-state index contributed by atoms with van der Waals surface area (Å²) in [6.07, 6.45) is 0. The van der Waals surface area contributed by atoms with Gasteiger partial charge in [-0.25, -0.2) is 20.1 Å². The maximum absolute atomic E-state index is 5.18. The van der Waals surface area contributed by atoms with Crippen LogP contribution in [0.15, 0.2) is 0 Å². The molecule has 8 heavy (non-hydrogen) atoms. The van der Waals surface area contributed by atoms with Crippen LogP contribution in [0.2, 0.25) is 5.79 Å². The van der Waals surface area contributed by atoms with E-state index in [4.69, 9.17) is 20.1 Å². The van der Waals surface area contributed by atoms with Gasteiger partial charge in [-0.3, -0.25) is 0 Å². The Kier molecular flexibility index (Phi) is 17.2. The summed E-state index contributed by atoms with van der Waals surface area (Å²) in [5.41, 5.74) is 0. The largest absolute Gasteiger partial charge is 0.542 e. The normalized spacial score (nSPS) is 6.75. The second-order valence-electron chi connectivity index (χ2n) is 0.766. The lowest BCUT2D eigenvalue weighted by Gasteiger charge is -1.60. The molecule has 0 saturated carbocycles. The van der Waals surface area contributed by atoms with Gasteiger partial charge in [-0.1, -0.05) is 5.79 Å². The van der Waals surface area contributed by atoms with Crippen LogP contribution in [0.1, 0.15) is 0 Å². The molecule has 0 saturated heterocycles. The molecule has 0 heterocycles. The highest BCUT2D eigenvalue weighted by atomic mass is 80.0. The first kappa shape index (κ1) is 13.7. The van der Waals surface area contributed by atoms with Crippen molar-refractivity contribution in [2.75, 3.05) is 0 Å². The second kappa shape index (κ2) is 10.1. The van der Waals surface area contributed by atoms with Gasteiger partial charge in [-0.2, -0.15) is 42.2 Å². The topological polar surface area (TPSA) is 0 Å². The molecule has 0 radical (unpaired) electrons. The van der Waals surface area contributed by atoms with Gasteiger partial charge in [0.05, 0.1) is 0 Å². The molecule has 0 amide bonds. The Hall–Kier alpha value is 3.08. The first-order valence-electron chi connectivity index (χ1n) is 1.67. The van der Waals surface area contributed by atoms with E-state index in [0.717, 1.165) is 0 Å². The molecule has 0 N–H and O–H groups in total.